The average molecular weight is 891 g/mol. The van der Waals surface area contributed by atoms with Crippen LogP contribution in [0.4, 0.5) is 11.4 Å². The number of amides is 4. The number of carbonyl (C=O) groups excluding carboxylic acids is 4. The predicted molar refractivity (Wildman–Crippen MR) is 240 cm³/mol. The summed E-state index contributed by atoms with van der Waals surface area (Å²) in [7, 11) is -4.06. The Balaban J connectivity index is 0.938. The number of para-hydroxylation sites is 3. The first-order chi connectivity index (χ1) is 31.4. The zero-order valence-electron chi connectivity index (χ0n) is 34.1. The number of benzene rings is 7. The molecule has 65 heavy (non-hydrogen) atoms. The highest BCUT2D eigenvalue weighted by Crippen LogP contribution is 2.49. The maximum absolute atomic E-state index is 16.0. The number of nitrogens with zero attached hydrogens (tertiary/aromatic N) is 4. The summed E-state index contributed by atoms with van der Waals surface area (Å²) in [6.45, 7) is -0.179. The van der Waals surface area contributed by atoms with E-state index in [1.54, 1.807) is 66.7 Å². The number of nitro groups is 2. The van der Waals surface area contributed by atoms with Gasteiger partial charge in [0.05, 0.1) is 49.7 Å². The van der Waals surface area contributed by atoms with Crippen LogP contribution in [-0.4, -0.2) is 74.7 Å². The maximum Gasteiger partial charge on any atom is 0.277 e. The molecule has 9 rings (SSSR count). The van der Waals surface area contributed by atoms with Crippen LogP contribution in [0.2, 0.25) is 0 Å². The van der Waals surface area contributed by atoms with E-state index in [9.17, 15) is 44.5 Å². The minimum atomic E-state index is -4.06. The molecule has 2 aliphatic rings. The molecule has 7 aromatic rings. The lowest BCUT2D eigenvalue weighted by Crippen LogP contribution is -2.41. The molecule has 324 valence electrons. The molecule has 0 bridgehead atoms. The van der Waals surface area contributed by atoms with E-state index in [0.29, 0.717) is 0 Å². The monoisotopic (exact) mass is 890 g/mol. The molecule has 0 saturated heterocycles. The number of imide groups is 2. The third-order valence-electron chi connectivity index (χ3n) is 11.5. The van der Waals surface area contributed by atoms with Crippen LogP contribution in [0.15, 0.2) is 133 Å². The number of non-ortho nitro benzene ring substituents is 2. The predicted octanol–water partition coefficient (Wildman–Crippen LogP) is 7.28. The Morgan fingerprint density at radius 2 is 0.877 bits per heavy atom. The Hall–Kier alpha value is -8.23. The Morgan fingerprint density at radius 3 is 1.29 bits per heavy atom. The summed E-state index contributed by atoms with van der Waals surface area (Å²) < 4.78 is 28.5. The molecule has 0 radical (unpaired) electrons. The molecule has 0 unspecified atom stereocenters. The molecule has 0 aliphatic carbocycles. The van der Waals surface area contributed by atoms with Crippen molar-refractivity contribution in [2.75, 3.05) is 26.3 Å². The van der Waals surface area contributed by atoms with Gasteiger partial charge in [-0.05, 0) is 85.6 Å². The minimum Gasteiger partial charge on any atom is -0.507 e. The van der Waals surface area contributed by atoms with Gasteiger partial charge in [0.15, 0.2) is 7.14 Å². The van der Waals surface area contributed by atoms with Crippen LogP contribution in [-0.2, 0) is 4.57 Å². The van der Waals surface area contributed by atoms with Gasteiger partial charge >= 0.3 is 0 Å². The molecule has 0 fully saturated rings. The smallest absolute Gasteiger partial charge is 0.277 e. The van der Waals surface area contributed by atoms with Crippen LogP contribution >= 0.6 is 7.14 Å². The fourth-order valence-corrected chi connectivity index (χ4v) is 11.6. The van der Waals surface area contributed by atoms with Crippen molar-refractivity contribution in [2.24, 2.45) is 0 Å². The summed E-state index contributed by atoms with van der Waals surface area (Å²) in [5.41, 5.74) is 0.254. The summed E-state index contributed by atoms with van der Waals surface area (Å²) in [6.07, 6.45) is 0.320. The molecule has 1 N–H and O–H groups in total. The van der Waals surface area contributed by atoms with Gasteiger partial charge in [-0.1, -0.05) is 48.5 Å². The van der Waals surface area contributed by atoms with E-state index in [2.05, 4.69) is 0 Å². The van der Waals surface area contributed by atoms with Crippen LogP contribution < -0.4 is 25.4 Å². The largest absolute Gasteiger partial charge is 0.507 e. The number of nitro benzene ring substituents is 2. The Kier molecular flexibility index (Phi) is 10.9. The zero-order valence-corrected chi connectivity index (χ0v) is 35.0. The van der Waals surface area contributed by atoms with Gasteiger partial charge < -0.3 is 19.1 Å². The Labute approximate surface area is 368 Å². The first-order valence-electron chi connectivity index (χ1n) is 20.4. The number of phenolic OH excluding ortho intramolecular Hbond substituents is 1. The molecule has 7 aromatic carbocycles. The lowest BCUT2D eigenvalue weighted by Gasteiger charge is -2.28. The highest BCUT2D eigenvalue weighted by Gasteiger charge is 2.39. The van der Waals surface area contributed by atoms with Crippen LogP contribution in [0.25, 0.3) is 21.5 Å². The fraction of sp³-hybridized carbons (Fsp3) is 0.125. The molecule has 2 aliphatic heterocycles. The number of aromatic hydroxyl groups is 1. The number of rotatable bonds is 15. The summed E-state index contributed by atoms with van der Waals surface area (Å²) >= 11 is 0. The number of ether oxygens (including phenoxy) is 2. The van der Waals surface area contributed by atoms with Gasteiger partial charge in [0.2, 0.25) is 0 Å². The van der Waals surface area contributed by atoms with Crippen molar-refractivity contribution in [1.29, 1.82) is 0 Å². The van der Waals surface area contributed by atoms with Gasteiger partial charge in [-0.2, -0.15) is 0 Å². The zero-order chi connectivity index (χ0) is 45.6. The van der Waals surface area contributed by atoms with Crippen molar-refractivity contribution >= 4 is 79.6 Å². The molecule has 0 spiro atoms. The number of phenols is 1. The number of hydrogen-bond donors (Lipinski definition) is 1. The van der Waals surface area contributed by atoms with Gasteiger partial charge in [0, 0.05) is 58.2 Å². The van der Waals surface area contributed by atoms with Crippen LogP contribution in [0.3, 0.4) is 0 Å². The topological polar surface area (TPSA) is 217 Å². The summed E-state index contributed by atoms with van der Waals surface area (Å²) in [4.78, 5) is 78.8. The van der Waals surface area contributed by atoms with Crippen molar-refractivity contribution in [3.63, 3.8) is 0 Å². The lowest BCUT2D eigenvalue weighted by atomic mass is 9.93. The van der Waals surface area contributed by atoms with E-state index < -0.39 is 40.6 Å². The second-order valence-corrected chi connectivity index (χ2v) is 17.9. The van der Waals surface area contributed by atoms with Crippen molar-refractivity contribution < 1.29 is 48.2 Å². The van der Waals surface area contributed by atoms with E-state index in [-0.39, 0.29) is 127 Å². The lowest BCUT2D eigenvalue weighted by molar-refractivity contribution is -0.383. The standard InChI is InChI=1S/C48H35N4O12P/c53-37-15-1-4-18-40(37)65(62,41-19-5-2-16-38(41)63-27-9-25-49-45(54)31-13-7-11-29-35(51(58)59)23-21-33(43(29)31)47(49)56)42-20-6-3-17-39(42)64-28-10-26-50-46(55)32-14-8-12-30-36(52(60)61)24-22-34(44(30)32)48(50)57/h1-8,11-24,53H,9-10,25-28H2. The second kappa shape index (κ2) is 16.8. The normalized spacial score (nSPS) is 13.4. The number of hydrogen-bond acceptors (Lipinski definition) is 12. The molecule has 0 atom stereocenters. The van der Waals surface area contributed by atoms with E-state index >= 15 is 4.57 Å². The van der Waals surface area contributed by atoms with Gasteiger partial charge in [-0.25, -0.2) is 0 Å². The molecule has 16 nitrogen and oxygen atoms in total. The SMILES string of the molecule is O=C1c2cccc3c([N+](=O)[O-])ccc(c23)C(=O)N1CCCOc1ccccc1P(=O)(c1ccccc1O)c1ccccc1OCCCN1C(=O)c2cccc3c([N+](=O)[O-])ccc(c23)C1=O. The second-order valence-electron chi connectivity index (χ2n) is 15.2. The average Bonchev–Trinajstić information content (AvgIpc) is 3.31. The first kappa shape index (κ1) is 42.1. The first-order valence-corrected chi connectivity index (χ1v) is 22.1. The van der Waals surface area contributed by atoms with Crippen molar-refractivity contribution in [3.05, 3.63) is 176 Å². The molecule has 17 heteroatoms. The van der Waals surface area contributed by atoms with Crippen molar-refractivity contribution in [2.45, 2.75) is 12.8 Å². The molecular formula is C48H35N4O12P. The maximum atomic E-state index is 16.0. The highest BCUT2D eigenvalue weighted by atomic mass is 31.2. The molecule has 4 amide bonds. The molecule has 0 saturated carbocycles. The fourth-order valence-electron chi connectivity index (χ4n) is 8.59. The Morgan fingerprint density at radius 1 is 0.492 bits per heavy atom. The molecule has 2 heterocycles. The quantitative estimate of drug-likeness (QED) is 0.0353. The van der Waals surface area contributed by atoms with Gasteiger partial charge in [-0.15, -0.1) is 0 Å². The van der Waals surface area contributed by atoms with Crippen molar-refractivity contribution in [1.82, 2.24) is 9.80 Å². The third kappa shape index (κ3) is 7.09. The summed E-state index contributed by atoms with van der Waals surface area (Å²) in [5.74, 6) is -2.23. The van der Waals surface area contributed by atoms with Gasteiger partial charge in [0.1, 0.15) is 17.2 Å². The van der Waals surface area contributed by atoms with E-state index in [1.165, 1.54) is 66.7 Å². The van der Waals surface area contributed by atoms with E-state index in [1.807, 2.05) is 0 Å². The number of carbonyl (C=O) groups is 4. The van der Waals surface area contributed by atoms with Crippen LogP contribution in [0, 0.1) is 20.2 Å². The third-order valence-corrected chi connectivity index (χ3v) is 14.7. The van der Waals surface area contributed by atoms with Crippen LogP contribution in [0.5, 0.6) is 17.2 Å². The van der Waals surface area contributed by atoms with Crippen molar-refractivity contribution in [3.8, 4) is 17.2 Å². The highest BCUT2D eigenvalue weighted by molar-refractivity contribution is 7.85. The minimum absolute atomic E-state index is 0.0336. The van der Waals surface area contributed by atoms with Gasteiger partial charge in [-0.3, -0.25) is 49.2 Å². The van der Waals surface area contributed by atoms with Gasteiger partial charge in [0.25, 0.3) is 35.0 Å². The van der Waals surface area contributed by atoms with E-state index in [4.69, 9.17) is 9.47 Å². The van der Waals surface area contributed by atoms with E-state index in [0.717, 1.165) is 9.80 Å². The Bertz CT molecular complexity index is 3010. The summed E-state index contributed by atoms with van der Waals surface area (Å²) in [5, 5.41) is 36.0. The summed E-state index contributed by atoms with van der Waals surface area (Å²) in [6, 6.07) is 33.7. The molecular weight excluding hydrogens is 856 g/mol. The molecule has 0 aromatic heterocycles. The van der Waals surface area contributed by atoms with Crippen LogP contribution in [0.1, 0.15) is 54.3 Å².